The van der Waals surface area contributed by atoms with Gasteiger partial charge in [-0.25, -0.2) is 9.59 Å². The molecule has 0 aliphatic carbocycles. The summed E-state index contributed by atoms with van der Waals surface area (Å²) in [6.07, 6.45) is 1.33. The Balaban J connectivity index is 0. The molecule has 0 heterocycles. The smallest absolute Gasteiger partial charge is 0.333 e. The Labute approximate surface area is 113 Å². The fourth-order valence-electron chi connectivity index (χ4n) is 0.718. The average Bonchev–Trinajstić information content (AvgIpc) is 2.34. The molecule has 6 heteroatoms. The van der Waals surface area contributed by atoms with Gasteiger partial charge in [-0.15, -0.1) is 0 Å². The van der Waals surface area contributed by atoms with Crippen LogP contribution in [0.4, 0.5) is 0 Å². The highest BCUT2D eigenvalue weighted by Gasteiger charge is 2.00. The summed E-state index contributed by atoms with van der Waals surface area (Å²) in [5.74, 6) is -0.970. The molecule has 0 saturated heterocycles. The van der Waals surface area contributed by atoms with Crippen molar-refractivity contribution in [2.45, 2.75) is 33.0 Å². The number of rotatable bonds is 7. The highest BCUT2D eigenvalue weighted by Crippen LogP contribution is 1.94. The normalized spacial score (nSPS) is 10.5. The molecule has 19 heavy (non-hydrogen) atoms. The predicted octanol–water partition coefficient (Wildman–Crippen LogP) is 0.932. The van der Waals surface area contributed by atoms with Crippen molar-refractivity contribution in [2.75, 3.05) is 13.2 Å². The van der Waals surface area contributed by atoms with Crippen molar-refractivity contribution in [3.63, 3.8) is 0 Å². The molecule has 1 unspecified atom stereocenters. The van der Waals surface area contributed by atoms with Crippen molar-refractivity contribution in [1.29, 1.82) is 0 Å². The second-order valence-electron chi connectivity index (χ2n) is 3.59. The standard InChI is InChI=1S/C8H14O3.C5H8O3/c1-7(2)8(10)11-6-4-3-5-9;1-3-5(7)8-4(2)6/h9H,1,3-6H2,2H3;3-4,6H,1H2,2H3. The molecule has 0 bridgehead atoms. The van der Waals surface area contributed by atoms with Crippen molar-refractivity contribution in [1.82, 2.24) is 0 Å². The van der Waals surface area contributed by atoms with Gasteiger partial charge in [-0.2, -0.15) is 0 Å². The van der Waals surface area contributed by atoms with E-state index in [-0.39, 0.29) is 12.6 Å². The van der Waals surface area contributed by atoms with Gasteiger partial charge in [0.05, 0.1) is 6.61 Å². The molecule has 0 spiro atoms. The lowest BCUT2D eigenvalue weighted by Gasteiger charge is -2.01. The van der Waals surface area contributed by atoms with Crippen LogP contribution in [0.5, 0.6) is 0 Å². The molecule has 1 atom stereocenters. The van der Waals surface area contributed by atoms with Crippen LogP contribution < -0.4 is 0 Å². The van der Waals surface area contributed by atoms with Gasteiger partial charge >= 0.3 is 11.9 Å². The second kappa shape index (κ2) is 12.8. The summed E-state index contributed by atoms with van der Waals surface area (Å²) in [5, 5.41) is 16.7. The minimum Gasteiger partial charge on any atom is -0.462 e. The summed E-state index contributed by atoms with van der Waals surface area (Å²) in [6, 6.07) is 0. The van der Waals surface area contributed by atoms with E-state index in [9.17, 15) is 9.59 Å². The number of hydrogen-bond acceptors (Lipinski definition) is 6. The third-order valence-corrected chi connectivity index (χ3v) is 1.59. The van der Waals surface area contributed by atoms with Crippen LogP contribution in [0.15, 0.2) is 24.8 Å². The van der Waals surface area contributed by atoms with Gasteiger partial charge < -0.3 is 19.7 Å². The summed E-state index contributed by atoms with van der Waals surface area (Å²) >= 11 is 0. The van der Waals surface area contributed by atoms with E-state index in [2.05, 4.69) is 17.9 Å². The highest BCUT2D eigenvalue weighted by molar-refractivity contribution is 5.86. The topological polar surface area (TPSA) is 93.1 Å². The Morgan fingerprint density at radius 1 is 1.37 bits per heavy atom. The molecule has 6 nitrogen and oxygen atoms in total. The number of aliphatic hydroxyl groups is 2. The Hall–Kier alpha value is -1.66. The third-order valence-electron chi connectivity index (χ3n) is 1.59. The molecule has 0 radical (unpaired) electrons. The lowest BCUT2D eigenvalue weighted by atomic mass is 10.3. The molecular formula is C13H22O6. The van der Waals surface area contributed by atoms with E-state index < -0.39 is 12.3 Å². The molecule has 0 aromatic rings. The summed E-state index contributed by atoms with van der Waals surface area (Å²) in [4.78, 5) is 20.8. The number of carbonyl (C=O) groups is 2. The quantitative estimate of drug-likeness (QED) is 0.310. The van der Waals surface area contributed by atoms with Gasteiger partial charge in [0.2, 0.25) is 0 Å². The summed E-state index contributed by atoms with van der Waals surface area (Å²) < 4.78 is 8.95. The largest absolute Gasteiger partial charge is 0.462 e. The lowest BCUT2D eigenvalue weighted by Crippen LogP contribution is -2.10. The predicted molar refractivity (Wildman–Crippen MR) is 70.1 cm³/mol. The molecule has 0 saturated carbocycles. The average molecular weight is 274 g/mol. The third kappa shape index (κ3) is 16.3. The van der Waals surface area contributed by atoms with Crippen molar-refractivity contribution >= 4 is 11.9 Å². The van der Waals surface area contributed by atoms with Gasteiger partial charge in [-0.1, -0.05) is 13.2 Å². The number of ether oxygens (including phenoxy) is 2. The van der Waals surface area contributed by atoms with Crippen molar-refractivity contribution in [2.24, 2.45) is 0 Å². The Kier molecular flexibility index (Phi) is 13.2. The van der Waals surface area contributed by atoms with Gasteiger partial charge in [-0.05, 0) is 26.7 Å². The van der Waals surface area contributed by atoms with Gasteiger partial charge in [0.25, 0.3) is 0 Å². The van der Waals surface area contributed by atoms with Gasteiger partial charge in [-0.3, -0.25) is 0 Å². The van der Waals surface area contributed by atoms with Crippen molar-refractivity contribution in [3.05, 3.63) is 24.8 Å². The molecule has 0 fully saturated rings. The first-order chi connectivity index (χ1) is 8.84. The maximum atomic E-state index is 10.7. The fraction of sp³-hybridized carbons (Fsp3) is 0.538. The second-order valence-corrected chi connectivity index (χ2v) is 3.59. The van der Waals surface area contributed by atoms with Crippen LogP contribution in [0.25, 0.3) is 0 Å². The van der Waals surface area contributed by atoms with E-state index in [0.29, 0.717) is 25.0 Å². The zero-order valence-electron chi connectivity index (χ0n) is 11.4. The molecule has 2 N–H and O–H groups in total. The van der Waals surface area contributed by atoms with Gasteiger partial charge in [0.15, 0.2) is 6.29 Å². The van der Waals surface area contributed by atoms with E-state index in [1.54, 1.807) is 6.92 Å². The maximum absolute atomic E-state index is 10.7. The number of carbonyl (C=O) groups excluding carboxylic acids is 2. The number of aliphatic hydroxyl groups excluding tert-OH is 2. The number of hydrogen-bond donors (Lipinski definition) is 2. The molecule has 0 rings (SSSR count). The molecular weight excluding hydrogens is 252 g/mol. The fourth-order valence-corrected chi connectivity index (χ4v) is 0.718. The van der Waals surface area contributed by atoms with E-state index >= 15 is 0 Å². The van der Waals surface area contributed by atoms with Crippen LogP contribution in [-0.2, 0) is 19.1 Å². The molecule has 0 aromatic carbocycles. The Morgan fingerprint density at radius 3 is 2.26 bits per heavy atom. The molecule has 110 valence electrons. The van der Waals surface area contributed by atoms with Gasteiger partial charge in [0.1, 0.15) is 0 Å². The van der Waals surface area contributed by atoms with Crippen LogP contribution >= 0.6 is 0 Å². The molecule has 0 aromatic heterocycles. The zero-order valence-corrected chi connectivity index (χ0v) is 11.4. The summed E-state index contributed by atoms with van der Waals surface area (Å²) in [5.41, 5.74) is 0.411. The van der Waals surface area contributed by atoms with Crippen LogP contribution in [0.3, 0.4) is 0 Å². The molecule has 0 aliphatic rings. The monoisotopic (exact) mass is 274 g/mol. The van der Waals surface area contributed by atoms with Crippen molar-refractivity contribution < 1.29 is 29.3 Å². The Morgan fingerprint density at radius 2 is 1.95 bits per heavy atom. The maximum Gasteiger partial charge on any atom is 0.333 e. The minimum absolute atomic E-state index is 0.143. The van der Waals surface area contributed by atoms with Gasteiger partial charge in [0, 0.05) is 18.3 Å². The van der Waals surface area contributed by atoms with Crippen LogP contribution in [-0.4, -0.2) is 41.7 Å². The van der Waals surface area contributed by atoms with Crippen LogP contribution in [0.1, 0.15) is 26.7 Å². The Bertz CT molecular complexity index is 296. The lowest BCUT2D eigenvalue weighted by molar-refractivity contribution is -0.158. The van der Waals surface area contributed by atoms with Crippen LogP contribution in [0, 0.1) is 0 Å². The first-order valence-electron chi connectivity index (χ1n) is 5.79. The number of unbranched alkanes of at least 4 members (excludes halogenated alkanes) is 1. The summed E-state index contributed by atoms with van der Waals surface area (Å²) in [7, 11) is 0. The molecule has 0 amide bonds. The number of esters is 2. The van der Waals surface area contributed by atoms with Crippen LogP contribution in [0.2, 0.25) is 0 Å². The van der Waals surface area contributed by atoms with E-state index in [0.717, 1.165) is 6.08 Å². The summed E-state index contributed by atoms with van der Waals surface area (Å²) in [6.45, 7) is 10.0. The van der Waals surface area contributed by atoms with E-state index in [4.69, 9.17) is 14.9 Å². The van der Waals surface area contributed by atoms with E-state index in [1.807, 2.05) is 0 Å². The minimum atomic E-state index is -1.04. The first kappa shape index (κ1) is 19.7. The first-order valence-corrected chi connectivity index (χ1v) is 5.79. The van der Waals surface area contributed by atoms with E-state index in [1.165, 1.54) is 6.92 Å². The highest BCUT2D eigenvalue weighted by atomic mass is 16.6. The SMILES string of the molecule is C=C(C)C(=O)OCCCCO.C=CC(=O)OC(C)O. The molecule has 0 aliphatic heterocycles. The van der Waals surface area contributed by atoms with Crippen molar-refractivity contribution in [3.8, 4) is 0 Å². The zero-order chi connectivity index (χ0) is 15.3.